The summed E-state index contributed by atoms with van der Waals surface area (Å²) in [6.07, 6.45) is 9.52. The summed E-state index contributed by atoms with van der Waals surface area (Å²) in [6, 6.07) is 7.04. The van der Waals surface area contributed by atoms with Gasteiger partial charge < -0.3 is 4.90 Å². The fraction of sp³-hybridized carbons (Fsp3) is 0.318. The van der Waals surface area contributed by atoms with Crippen LogP contribution in [0.25, 0.3) is 10.1 Å². The van der Waals surface area contributed by atoms with Crippen LogP contribution in [0.5, 0.6) is 0 Å². The molecule has 2 aliphatic heterocycles. The van der Waals surface area contributed by atoms with E-state index in [1.165, 1.54) is 10.9 Å². The topological polar surface area (TPSA) is 44.6 Å². The molecule has 1 aromatic carbocycles. The van der Waals surface area contributed by atoms with Crippen LogP contribution in [0.15, 0.2) is 59.4 Å². The Kier molecular flexibility index (Phi) is 4.85. The zero-order valence-corrected chi connectivity index (χ0v) is 17.0. The highest BCUT2D eigenvalue weighted by molar-refractivity contribution is 7.17. The quantitative estimate of drug-likeness (QED) is 0.651. The zero-order valence-electron chi connectivity index (χ0n) is 16.2. The summed E-state index contributed by atoms with van der Waals surface area (Å²) in [5, 5.41) is 3.42. The molecule has 2 aliphatic rings. The van der Waals surface area contributed by atoms with Crippen LogP contribution in [0.3, 0.4) is 0 Å². The van der Waals surface area contributed by atoms with Gasteiger partial charge in [0.05, 0.1) is 11.4 Å². The van der Waals surface area contributed by atoms with E-state index in [-0.39, 0.29) is 12.1 Å². The van der Waals surface area contributed by atoms with Crippen LogP contribution in [-0.4, -0.2) is 51.9 Å². The van der Waals surface area contributed by atoms with Gasteiger partial charge in [-0.25, -0.2) is 19.4 Å². The third-order valence-corrected chi connectivity index (χ3v) is 6.76. The minimum Gasteiger partial charge on any atom is -0.347 e. The molecule has 1 fully saturated rings. The Hall–Kier alpha value is -2.64. The second kappa shape index (κ2) is 7.65. The summed E-state index contributed by atoms with van der Waals surface area (Å²) in [5.74, 6) is 0.353. The van der Waals surface area contributed by atoms with Crippen LogP contribution in [-0.2, 0) is 0 Å². The van der Waals surface area contributed by atoms with Crippen molar-refractivity contribution in [2.24, 2.45) is 4.99 Å². The number of likely N-dealkylation sites (tertiary alicyclic amines) is 1. The number of aliphatic imine (C=N–C) groups is 1. The van der Waals surface area contributed by atoms with Gasteiger partial charge in [-0.2, -0.15) is 0 Å². The largest absolute Gasteiger partial charge is 0.347 e. The van der Waals surface area contributed by atoms with Crippen molar-refractivity contribution in [2.45, 2.75) is 25.0 Å². The summed E-state index contributed by atoms with van der Waals surface area (Å²) in [6.45, 7) is 1.96. The SMILES string of the molecule is CN1C=CC(c2ccncn2)=NC1N1CCC(c2csc3cc(F)ccc23)CC1. The summed E-state index contributed by atoms with van der Waals surface area (Å²) >= 11 is 1.64. The monoisotopic (exact) mass is 407 g/mol. The van der Waals surface area contributed by atoms with Gasteiger partial charge in [-0.1, -0.05) is 6.07 Å². The number of nitrogens with zero attached hydrogens (tertiary/aromatic N) is 5. The lowest BCUT2D eigenvalue weighted by atomic mass is 9.89. The fourth-order valence-electron chi connectivity index (χ4n) is 4.24. The molecule has 1 unspecified atom stereocenters. The first-order valence-corrected chi connectivity index (χ1v) is 10.7. The summed E-state index contributed by atoms with van der Waals surface area (Å²) < 4.78 is 14.5. The number of rotatable bonds is 3. The maximum atomic E-state index is 13.5. The molecule has 1 atom stereocenters. The van der Waals surface area contributed by atoms with E-state index >= 15 is 0 Å². The van der Waals surface area contributed by atoms with E-state index in [0.29, 0.717) is 5.92 Å². The van der Waals surface area contributed by atoms with Crippen LogP contribution >= 0.6 is 11.3 Å². The van der Waals surface area contributed by atoms with E-state index in [0.717, 1.165) is 42.0 Å². The molecule has 0 N–H and O–H groups in total. The van der Waals surface area contributed by atoms with Gasteiger partial charge in [0.15, 0.2) is 6.29 Å². The molecule has 1 saturated heterocycles. The van der Waals surface area contributed by atoms with Crippen molar-refractivity contribution in [3.05, 3.63) is 71.5 Å². The molecule has 0 radical (unpaired) electrons. The molecule has 0 amide bonds. The number of hydrogen-bond acceptors (Lipinski definition) is 6. The summed E-state index contributed by atoms with van der Waals surface area (Å²) in [5.41, 5.74) is 3.11. The summed E-state index contributed by atoms with van der Waals surface area (Å²) in [4.78, 5) is 17.9. The van der Waals surface area contributed by atoms with Crippen LogP contribution in [0.2, 0.25) is 0 Å². The predicted molar refractivity (Wildman–Crippen MR) is 115 cm³/mol. The van der Waals surface area contributed by atoms with Crippen molar-refractivity contribution in [3.8, 4) is 0 Å². The van der Waals surface area contributed by atoms with E-state index in [2.05, 4.69) is 38.4 Å². The molecule has 2 aromatic heterocycles. The second-order valence-electron chi connectivity index (χ2n) is 7.58. The Morgan fingerprint density at radius 2 is 2.03 bits per heavy atom. The van der Waals surface area contributed by atoms with Gasteiger partial charge in [0, 0.05) is 37.2 Å². The molecule has 3 aromatic rings. The Morgan fingerprint density at radius 3 is 2.83 bits per heavy atom. The first-order chi connectivity index (χ1) is 14.2. The summed E-state index contributed by atoms with van der Waals surface area (Å²) in [7, 11) is 2.06. The Balaban J connectivity index is 1.32. The fourth-order valence-corrected chi connectivity index (χ4v) is 5.30. The van der Waals surface area contributed by atoms with Crippen molar-refractivity contribution >= 4 is 27.1 Å². The molecular weight excluding hydrogens is 385 g/mol. The number of piperidine rings is 1. The van der Waals surface area contributed by atoms with Crippen LogP contribution in [0.1, 0.15) is 30.0 Å². The van der Waals surface area contributed by atoms with Crippen LogP contribution < -0.4 is 0 Å². The van der Waals surface area contributed by atoms with Gasteiger partial charge in [0.1, 0.15) is 12.1 Å². The third-order valence-electron chi connectivity index (χ3n) is 5.79. The third kappa shape index (κ3) is 3.56. The lowest BCUT2D eigenvalue weighted by molar-refractivity contribution is 0.0732. The van der Waals surface area contributed by atoms with Gasteiger partial charge in [0.25, 0.3) is 0 Å². The molecule has 0 aliphatic carbocycles. The number of halogens is 1. The predicted octanol–water partition coefficient (Wildman–Crippen LogP) is 4.24. The molecule has 5 nitrogen and oxygen atoms in total. The minimum absolute atomic E-state index is 0.0146. The molecule has 7 heteroatoms. The van der Waals surface area contributed by atoms with Gasteiger partial charge in [-0.15, -0.1) is 11.3 Å². The van der Waals surface area contributed by atoms with Crippen LogP contribution in [0, 0.1) is 5.82 Å². The molecular formula is C22H22FN5S. The van der Waals surface area contributed by atoms with E-state index in [4.69, 9.17) is 4.99 Å². The minimum atomic E-state index is -0.161. The average molecular weight is 408 g/mol. The highest BCUT2D eigenvalue weighted by Crippen LogP contribution is 2.37. The van der Waals surface area contributed by atoms with Crippen molar-refractivity contribution in [3.63, 3.8) is 0 Å². The van der Waals surface area contributed by atoms with E-state index < -0.39 is 0 Å². The van der Waals surface area contributed by atoms with Gasteiger partial charge >= 0.3 is 0 Å². The van der Waals surface area contributed by atoms with Gasteiger partial charge in [0.2, 0.25) is 0 Å². The highest BCUT2D eigenvalue weighted by Gasteiger charge is 2.29. The molecule has 29 heavy (non-hydrogen) atoms. The number of hydrogen-bond donors (Lipinski definition) is 0. The highest BCUT2D eigenvalue weighted by atomic mass is 32.1. The van der Waals surface area contributed by atoms with Gasteiger partial charge in [-0.05, 0) is 59.4 Å². The smallest absolute Gasteiger partial charge is 0.178 e. The molecule has 0 saturated carbocycles. The lowest BCUT2D eigenvalue weighted by Gasteiger charge is -2.40. The van der Waals surface area contributed by atoms with Gasteiger partial charge in [-0.3, -0.25) is 4.90 Å². The number of thiophene rings is 1. The zero-order chi connectivity index (χ0) is 19.8. The second-order valence-corrected chi connectivity index (χ2v) is 8.49. The average Bonchev–Trinajstić information content (AvgIpc) is 3.18. The van der Waals surface area contributed by atoms with E-state index in [1.807, 2.05) is 18.2 Å². The molecule has 0 spiro atoms. The van der Waals surface area contributed by atoms with E-state index in [9.17, 15) is 4.39 Å². The Morgan fingerprint density at radius 1 is 1.17 bits per heavy atom. The normalized spacial score (nSPS) is 21.0. The van der Waals surface area contributed by atoms with Crippen molar-refractivity contribution in [2.75, 3.05) is 20.1 Å². The lowest BCUT2D eigenvalue weighted by Crippen LogP contribution is -2.48. The van der Waals surface area contributed by atoms with Crippen molar-refractivity contribution in [1.82, 2.24) is 19.8 Å². The molecule has 4 heterocycles. The molecule has 148 valence electrons. The number of allylic oxidation sites excluding steroid dienone is 1. The molecule has 0 bridgehead atoms. The van der Waals surface area contributed by atoms with E-state index in [1.54, 1.807) is 36.0 Å². The Labute approximate surface area is 173 Å². The maximum absolute atomic E-state index is 13.5. The standard InChI is InChI=1S/C22H22FN5S/c1-27-9-7-20(19-4-8-24-14-25-19)26-22(27)28-10-5-15(6-11-28)18-13-29-21-12-16(23)2-3-17(18)21/h2-4,7-9,12-15,22H,5-6,10-11H2,1H3. The van der Waals surface area contributed by atoms with Crippen molar-refractivity contribution < 1.29 is 4.39 Å². The Bertz CT molecular complexity index is 1070. The maximum Gasteiger partial charge on any atom is 0.178 e. The first-order valence-electron chi connectivity index (χ1n) is 9.84. The number of fused-ring (bicyclic) bond motifs is 1. The first kappa shape index (κ1) is 18.4. The number of benzene rings is 1. The van der Waals surface area contributed by atoms with Crippen molar-refractivity contribution in [1.29, 1.82) is 0 Å². The van der Waals surface area contributed by atoms with Crippen LogP contribution in [0.4, 0.5) is 4.39 Å². The number of aromatic nitrogens is 2. The molecule has 5 rings (SSSR count).